The van der Waals surface area contributed by atoms with E-state index in [0.717, 1.165) is 37.0 Å². The molecule has 5 heteroatoms. The summed E-state index contributed by atoms with van der Waals surface area (Å²) in [5.41, 5.74) is 4.26. The summed E-state index contributed by atoms with van der Waals surface area (Å²) >= 11 is 1.47. The Morgan fingerprint density at radius 1 is 1.08 bits per heavy atom. The van der Waals surface area contributed by atoms with Crippen LogP contribution in [0.4, 0.5) is 0 Å². The van der Waals surface area contributed by atoms with Crippen molar-refractivity contribution >= 4 is 23.6 Å². The molecule has 0 spiro atoms. The highest BCUT2D eigenvalue weighted by Crippen LogP contribution is 2.27. The molecule has 1 aromatic carbocycles. The SMILES string of the molecule is O=C(COC(=O)CSc1ccc2c(c1)CCC2)NCCC1=CCCCC1. The third-order valence-electron chi connectivity index (χ3n) is 4.94. The van der Waals surface area contributed by atoms with E-state index in [0.29, 0.717) is 6.54 Å². The van der Waals surface area contributed by atoms with Gasteiger partial charge >= 0.3 is 5.97 Å². The number of esters is 1. The van der Waals surface area contributed by atoms with Crippen molar-refractivity contribution in [2.45, 2.75) is 56.3 Å². The van der Waals surface area contributed by atoms with Crippen LogP contribution >= 0.6 is 11.8 Å². The average Bonchev–Trinajstić information content (AvgIpc) is 3.13. The third-order valence-corrected chi connectivity index (χ3v) is 5.91. The molecule has 2 aliphatic carbocycles. The number of hydrogen-bond acceptors (Lipinski definition) is 4. The molecular weight excluding hydrogens is 346 g/mol. The van der Waals surface area contributed by atoms with E-state index >= 15 is 0 Å². The first-order valence-corrected chi connectivity index (χ1v) is 10.5. The Balaban J connectivity index is 1.29. The molecule has 0 fully saturated rings. The summed E-state index contributed by atoms with van der Waals surface area (Å²) in [7, 11) is 0. The predicted octanol–water partition coefficient (Wildman–Crippen LogP) is 3.82. The van der Waals surface area contributed by atoms with Crippen molar-refractivity contribution < 1.29 is 14.3 Å². The van der Waals surface area contributed by atoms with Gasteiger partial charge in [0, 0.05) is 11.4 Å². The second kappa shape index (κ2) is 9.81. The average molecular weight is 374 g/mol. The number of thioether (sulfide) groups is 1. The molecule has 0 aliphatic heterocycles. The molecular formula is C21H27NO3S. The normalized spacial score (nSPS) is 15.9. The first-order chi connectivity index (χ1) is 12.7. The fourth-order valence-corrected chi connectivity index (χ4v) is 4.27. The largest absolute Gasteiger partial charge is 0.455 e. The molecule has 0 atom stereocenters. The molecule has 1 amide bonds. The zero-order chi connectivity index (χ0) is 18.2. The summed E-state index contributed by atoms with van der Waals surface area (Å²) in [5.74, 6) is -0.336. The topological polar surface area (TPSA) is 55.4 Å². The van der Waals surface area contributed by atoms with Gasteiger partial charge in [0.15, 0.2) is 6.61 Å². The predicted molar refractivity (Wildman–Crippen MR) is 104 cm³/mol. The zero-order valence-electron chi connectivity index (χ0n) is 15.2. The van der Waals surface area contributed by atoms with Crippen LogP contribution < -0.4 is 5.32 Å². The lowest BCUT2D eigenvalue weighted by Crippen LogP contribution is -2.30. The maximum atomic E-state index is 11.8. The highest BCUT2D eigenvalue weighted by Gasteiger charge is 2.13. The number of fused-ring (bicyclic) bond motifs is 1. The number of ether oxygens (including phenoxy) is 1. The van der Waals surface area contributed by atoms with Crippen LogP contribution in [0.1, 0.15) is 49.7 Å². The molecule has 3 rings (SSSR count). The standard InChI is InChI=1S/C21H27NO3S/c23-20(22-12-11-16-5-2-1-3-6-16)14-25-21(24)15-26-19-10-9-17-7-4-8-18(17)13-19/h5,9-10,13H,1-4,6-8,11-12,14-15H2,(H,22,23). The van der Waals surface area contributed by atoms with E-state index in [1.807, 2.05) is 0 Å². The highest BCUT2D eigenvalue weighted by molar-refractivity contribution is 8.00. The summed E-state index contributed by atoms with van der Waals surface area (Å²) in [6, 6.07) is 6.40. The zero-order valence-corrected chi connectivity index (χ0v) is 16.0. The molecule has 1 aromatic rings. The van der Waals surface area contributed by atoms with Crippen LogP contribution in [-0.4, -0.2) is 30.8 Å². The van der Waals surface area contributed by atoms with Gasteiger partial charge in [0.25, 0.3) is 5.91 Å². The maximum Gasteiger partial charge on any atom is 0.316 e. The second-order valence-electron chi connectivity index (χ2n) is 6.94. The Hall–Kier alpha value is -1.75. The number of nitrogens with one attached hydrogen (secondary N) is 1. The van der Waals surface area contributed by atoms with Gasteiger partial charge in [-0.25, -0.2) is 0 Å². The van der Waals surface area contributed by atoms with Gasteiger partial charge in [-0.1, -0.05) is 17.7 Å². The quantitative estimate of drug-likeness (QED) is 0.428. The lowest BCUT2D eigenvalue weighted by molar-refractivity contribution is -0.145. The van der Waals surface area contributed by atoms with Gasteiger partial charge in [-0.3, -0.25) is 9.59 Å². The van der Waals surface area contributed by atoms with Crippen LogP contribution in [0.5, 0.6) is 0 Å². The van der Waals surface area contributed by atoms with E-state index in [2.05, 4.69) is 29.6 Å². The van der Waals surface area contributed by atoms with Crippen LogP contribution in [0.3, 0.4) is 0 Å². The van der Waals surface area contributed by atoms with Crippen molar-refractivity contribution in [2.24, 2.45) is 0 Å². The molecule has 140 valence electrons. The van der Waals surface area contributed by atoms with Gasteiger partial charge in [0.1, 0.15) is 0 Å². The van der Waals surface area contributed by atoms with Gasteiger partial charge in [-0.2, -0.15) is 0 Å². The fraction of sp³-hybridized carbons (Fsp3) is 0.524. The second-order valence-corrected chi connectivity index (χ2v) is 7.99. The van der Waals surface area contributed by atoms with E-state index in [1.165, 1.54) is 47.7 Å². The molecule has 26 heavy (non-hydrogen) atoms. The monoisotopic (exact) mass is 373 g/mol. The summed E-state index contributed by atoms with van der Waals surface area (Å²) in [6.07, 6.45) is 11.5. The highest BCUT2D eigenvalue weighted by atomic mass is 32.2. The molecule has 0 unspecified atom stereocenters. The van der Waals surface area contributed by atoms with Crippen LogP contribution in [-0.2, 0) is 27.2 Å². The number of carbonyl (C=O) groups excluding carboxylic acids is 2. The van der Waals surface area contributed by atoms with Crippen LogP contribution in [0, 0.1) is 0 Å². The van der Waals surface area contributed by atoms with Gasteiger partial charge in [-0.05, 0) is 74.6 Å². The number of rotatable bonds is 8. The first kappa shape index (κ1) is 19.0. The number of allylic oxidation sites excluding steroid dienone is 1. The van der Waals surface area contributed by atoms with E-state index in [1.54, 1.807) is 0 Å². The van der Waals surface area contributed by atoms with Crippen molar-refractivity contribution in [2.75, 3.05) is 18.9 Å². The van der Waals surface area contributed by atoms with E-state index in [9.17, 15) is 9.59 Å². The Bertz CT molecular complexity index is 684. The fourth-order valence-electron chi connectivity index (χ4n) is 3.51. The summed E-state index contributed by atoms with van der Waals surface area (Å²) in [4.78, 5) is 24.7. The van der Waals surface area contributed by atoms with Crippen LogP contribution in [0.2, 0.25) is 0 Å². The van der Waals surface area contributed by atoms with Gasteiger partial charge in [-0.15, -0.1) is 11.8 Å². The Morgan fingerprint density at radius 2 is 1.96 bits per heavy atom. The molecule has 2 aliphatic rings. The van der Waals surface area contributed by atoms with Crippen molar-refractivity contribution in [1.29, 1.82) is 0 Å². The van der Waals surface area contributed by atoms with Crippen LogP contribution in [0.25, 0.3) is 0 Å². The molecule has 1 N–H and O–H groups in total. The van der Waals surface area contributed by atoms with E-state index < -0.39 is 0 Å². The summed E-state index contributed by atoms with van der Waals surface area (Å²) in [5, 5.41) is 2.82. The number of benzene rings is 1. The van der Waals surface area contributed by atoms with Crippen molar-refractivity contribution in [1.82, 2.24) is 5.32 Å². The Morgan fingerprint density at radius 3 is 2.81 bits per heavy atom. The molecule has 0 heterocycles. The molecule has 0 radical (unpaired) electrons. The van der Waals surface area contributed by atoms with Crippen molar-refractivity contribution in [3.63, 3.8) is 0 Å². The number of aryl methyl sites for hydroxylation is 2. The minimum Gasteiger partial charge on any atom is -0.455 e. The Kier molecular flexibility index (Phi) is 7.18. The minimum atomic E-state index is -0.347. The number of amides is 1. The Labute approximate surface area is 159 Å². The van der Waals surface area contributed by atoms with E-state index in [-0.39, 0.29) is 24.2 Å². The van der Waals surface area contributed by atoms with Crippen molar-refractivity contribution in [3.05, 3.63) is 41.0 Å². The number of carbonyl (C=O) groups is 2. The lowest BCUT2D eigenvalue weighted by atomic mass is 9.97. The molecule has 0 aromatic heterocycles. The molecule has 4 nitrogen and oxygen atoms in total. The third kappa shape index (κ3) is 5.90. The van der Waals surface area contributed by atoms with E-state index in [4.69, 9.17) is 4.74 Å². The molecule has 0 saturated carbocycles. The number of hydrogen-bond donors (Lipinski definition) is 1. The summed E-state index contributed by atoms with van der Waals surface area (Å²) < 4.78 is 5.07. The maximum absolute atomic E-state index is 11.8. The summed E-state index contributed by atoms with van der Waals surface area (Å²) in [6.45, 7) is 0.425. The van der Waals surface area contributed by atoms with Crippen molar-refractivity contribution in [3.8, 4) is 0 Å². The van der Waals surface area contributed by atoms with Gasteiger partial charge in [0.2, 0.25) is 0 Å². The minimum absolute atomic E-state index is 0.192. The molecule has 0 bridgehead atoms. The lowest BCUT2D eigenvalue weighted by Gasteiger charge is -2.13. The van der Waals surface area contributed by atoms with Crippen LogP contribution in [0.15, 0.2) is 34.7 Å². The molecule has 0 saturated heterocycles. The smallest absolute Gasteiger partial charge is 0.316 e. The van der Waals surface area contributed by atoms with Gasteiger partial charge in [0.05, 0.1) is 5.75 Å². The first-order valence-electron chi connectivity index (χ1n) is 9.55. The van der Waals surface area contributed by atoms with Gasteiger partial charge < -0.3 is 10.1 Å².